The summed E-state index contributed by atoms with van der Waals surface area (Å²) in [5, 5.41) is 3.50. The molecule has 0 radical (unpaired) electrons. The normalized spacial score (nSPS) is 17.9. The maximum Gasteiger partial charge on any atom is 0.193 e. The minimum Gasteiger partial charge on any atom is -0.357 e. The predicted molar refractivity (Wildman–Crippen MR) is 113 cm³/mol. The van der Waals surface area contributed by atoms with E-state index in [0.717, 1.165) is 51.1 Å². The molecule has 1 atom stereocenters. The van der Waals surface area contributed by atoms with Gasteiger partial charge in [-0.2, -0.15) is 0 Å². The fourth-order valence-electron chi connectivity index (χ4n) is 3.74. The summed E-state index contributed by atoms with van der Waals surface area (Å²) in [6.07, 6.45) is 4.86. The number of nitrogens with one attached hydrogen (secondary N) is 1. The summed E-state index contributed by atoms with van der Waals surface area (Å²) in [6, 6.07) is 10.9. The number of aliphatic imine (C=N–C) groups is 1. The van der Waals surface area contributed by atoms with Crippen LogP contribution in [0.1, 0.15) is 45.6 Å². The van der Waals surface area contributed by atoms with Gasteiger partial charge in [-0.3, -0.25) is 4.99 Å². The van der Waals surface area contributed by atoms with Crippen molar-refractivity contribution in [1.82, 2.24) is 15.1 Å². The average molecular weight is 359 g/mol. The molecule has 26 heavy (non-hydrogen) atoms. The maximum absolute atomic E-state index is 4.90. The lowest BCUT2D eigenvalue weighted by atomic mass is 9.99. The number of hydrogen-bond acceptors (Lipinski definition) is 2. The molecule has 4 heteroatoms. The third-order valence-electron chi connectivity index (χ3n) is 5.33. The highest BCUT2D eigenvalue weighted by Crippen LogP contribution is 2.20. The quantitative estimate of drug-likeness (QED) is 0.394. The second-order valence-electron chi connectivity index (χ2n) is 7.26. The van der Waals surface area contributed by atoms with Crippen LogP contribution in [0.15, 0.2) is 35.3 Å². The third kappa shape index (κ3) is 6.99. The Morgan fingerprint density at radius 3 is 2.62 bits per heavy atom. The second kappa shape index (κ2) is 11.9. The van der Waals surface area contributed by atoms with E-state index in [-0.39, 0.29) is 0 Å². The van der Waals surface area contributed by atoms with E-state index in [0.29, 0.717) is 0 Å². The van der Waals surface area contributed by atoms with E-state index >= 15 is 0 Å². The number of unbranched alkanes of at least 4 members (excludes halogenated alkanes) is 1. The van der Waals surface area contributed by atoms with Crippen molar-refractivity contribution in [3.8, 4) is 0 Å². The highest BCUT2D eigenvalue weighted by atomic mass is 15.3. The molecule has 0 amide bonds. The molecule has 1 aromatic carbocycles. The van der Waals surface area contributed by atoms with E-state index in [1.165, 1.54) is 37.8 Å². The van der Waals surface area contributed by atoms with E-state index in [2.05, 4.69) is 66.2 Å². The predicted octanol–water partition coefficient (Wildman–Crippen LogP) is 3.64. The van der Waals surface area contributed by atoms with Crippen molar-refractivity contribution in [2.75, 3.05) is 45.8 Å². The molecule has 1 heterocycles. The first-order valence-electron chi connectivity index (χ1n) is 10.6. The number of likely N-dealkylation sites (tertiary alicyclic amines) is 1. The number of rotatable bonds is 10. The summed E-state index contributed by atoms with van der Waals surface area (Å²) in [6.45, 7) is 14.3. The molecule has 1 aliphatic rings. The minimum atomic E-state index is 0.740. The molecular formula is C22H38N4. The van der Waals surface area contributed by atoms with Gasteiger partial charge in [-0.05, 0) is 63.7 Å². The van der Waals surface area contributed by atoms with Crippen LogP contribution < -0.4 is 5.32 Å². The van der Waals surface area contributed by atoms with Crippen molar-refractivity contribution in [3.63, 3.8) is 0 Å². The molecule has 0 aromatic heterocycles. The molecule has 146 valence electrons. The fourth-order valence-corrected chi connectivity index (χ4v) is 3.74. The summed E-state index contributed by atoms with van der Waals surface area (Å²) in [7, 11) is 0. The van der Waals surface area contributed by atoms with Gasteiger partial charge in [0.05, 0.1) is 0 Å². The van der Waals surface area contributed by atoms with E-state index in [9.17, 15) is 0 Å². The van der Waals surface area contributed by atoms with Crippen LogP contribution in [0.2, 0.25) is 0 Å². The van der Waals surface area contributed by atoms with Crippen LogP contribution in [0.3, 0.4) is 0 Å². The Morgan fingerprint density at radius 1 is 1.15 bits per heavy atom. The Morgan fingerprint density at radius 2 is 1.92 bits per heavy atom. The first kappa shape index (κ1) is 20.8. The first-order chi connectivity index (χ1) is 12.8. The van der Waals surface area contributed by atoms with Crippen molar-refractivity contribution in [3.05, 3.63) is 35.9 Å². The van der Waals surface area contributed by atoms with Gasteiger partial charge in [-0.25, -0.2) is 0 Å². The largest absolute Gasteiger partial charge is 0.357 e. The zero-order valence-electron chi connectivity index (χ0n) is 17.1. The van der Waals surface area contributed by atoms with Gasteiger partial charge in [0.2, 0.25) is 0 Å². The van der Waals surface area contributed by atoms with Crippen LogP contribution in [0, 0.1) is 5.92 Å². The minimum absolute atomic E-state index is 0.740. The molecule has 1 unspecified atom stereocenters. The Kier molecular flexibility index (Phi) is 9.54. The average Bonchev–Trinajstić information content (AvgIpc) is 3.13. The summed E-state index contributed by atoms with van der Waals surface area (Å²) >= 11 is 0. The molecule has 1 aliphatic heterocycles. The lowest BCUT2D eigenvalue weighted by molar-refractivity contribution is 0.297. The lowest BCUT2D eigenvalue weighted by Gasteiger charge is -2.22. The van der Waals surface area contributed by atoms with Crippen LogP contribution in [-0.2, 0) is 6.42 Å². The van der Waals surface area contributed by atoms with Crippen LogP contribution in [-0.4, -0.2) is 61.6 Å². The Bertz CT molecular complexity index is 510. The number of nitrogens with zero attached hydrogens (tertiary/aromatic N) is 3. The number of benzene rings is 1. The third-order valence-corrected chi connectivity index (χ3v) is 5.33. The zero-order chi connectivity index (χ0) is 18.6. The van der Waals surface area contributed by atoms with Crippen LogP contribution in [0.5, 0.6) is 0 Å². The van der Waals surface area contributed by atoms with Crippen molar-refractivity contribution in [2.45, 2.75) is 46.5 Å². The summed E-state index contributed by atoms with van der Waals surface area (Å²) in [4.78, 5) is 9.85. The van der Waals surface area contributed by atoms with Crippen LogP contribution >= 0.6 is 0 Å². The van der Waals surface area contributed by atoms with Gasteiger partial charge in [0.25, 0.3) is 0 Å². The smallest absolute Gasteiger partial charge is 0.193 e. The molecule has 1 aromatic rings. The standard InChI is InChI=1S/C22H38N4/c1-4-23-22(24-15-10-11-16-25(5-2)6-3)26-17-14-21(19-26)18-20-12-8-7-9-13-20/h7-9,12-13,21H,4-6,10-11,14-19H2,1-3H3,(H,23,24). The van der Waals surface area contributed by atoms with E-state index in [1.807, 2.05) is 0 Å². The zero-order valence-corrected chi connectivity index (χ0v) is 17.1. The maximum atomic E-state index is 4.90. The van der Waals surface area contributed by atoms with Gasteiger partial charge in [-0.15, -0.1) is 0 Å². The molecule has 0 bridgehead atoms. The van der Waals surface area contributed by atoms with Crippen molar-refractivity contribution < 1.29 is 0 Å². The number of guanidine groups is 1. The molecule has 2 rings (SSSR count). The van der Waals surface area contributed by atoms with Crippen molar-refractivity contribution >= 4 is 5.96 Å². The van der Waals surface area contributed by atoms with E-state index < -0.39 is 0 Å². The highest BCUT2D eigenvalue weighted by Gasteiger charge is 2.24. The summed E-state index contributed by atoms with van der Waals surface area (Å²) in [5.74, 6) is 1.86. The summed E-state index contributed by atoms with van der Waals surface area (Å²) < 4.78 is 0. The SMILES string of the molecule is CCNC(=NCCCCN(CC)CC)N1CCC(Cc2ccccc2)C1. The Labute approximate surface area is 160 Å². The highest BCUT2D eigenvalue weighted by molar-refractivity contribution is 5.80. The van der Waals surface area contributed by atoms with Crippen LogP contribution in [0.4, 0.5) is 0 Å². The monoisotopic (exact) mass is 358 g/mol. The van der Waals surface area contributed by atoms with Gasteiger partial charge in [-0.1, -0.05) is 44.2 Å². The molecule has 1 saturated heterocycles. The van der Waals surface area contributed by atoms with Gasteiger partial charge >= 0.3 is 0 Å². The molecule has 1 fully saturated rings. The molecule has 0 saturated carbocycles. The summed E-state index contributed by atoms with van der Waals surface area (Å²) in [5.41, 5.74) is 1.46. The van der Waals surface area contributed by atoms with E-state index in [1.54, 1.807) is 0 Å². The molecule has 0 aliphatic carbocycles. The van der Waals surface area contributed by atoms with Crippen molar-refractivity contribution in [1.29, 1.82) is 0 Å². The van der Waals surface area contributed by atoms with Gasteiger partial charge in [0.1, 0.15) is 0 Å². The lowest BCUT2D eigenvalue weighted by Crippen LogP contribution is -2.40. The molecule has 0 spiro atoms. The topological polar surface area (TPSA) is 30.9 Å². The Hall–Kier alpha value is -1.55. The molecule has 1 N–H and O–H groups in total. The van der Waals surface area contributed by atoms with Crippen LogP contribution in [0.25, 0.3) is 0 Å². The van der Waals surface area contributed by atoms with Gasteiger partial charge < -0.3 is 15.1 Å². The van der Waals surface area contributed by atoms with Crippen molar-refractivity contribution in [2.24, 2.45) is 10.9 Å². The fraction of sp³-hybridized carbons (Fsp3) is 0.682. The van der Waals surface area contributed by atoms with Gasteiger partial charge in [0, 0.05) is 26.2 Å². The molecular weight excluding hydrogens is 320 g/mol. The second-order valence-corrected chi connectivity index (χ2v) is 7.26. The Balaban J connectivity index is 1.77. The number of hydrogen-bond donors (Lipinski definition) is 1. The molecule has 4 nitrogen and oxygen atoms in total. The van der Waals surface area contributed by atoms with Gasteiger partial charge in [0.15, 0.2) is 5.96 Å². The van der Waals surface area contributed by atoms with E-state index in [4.69, 9.17) is 4.99 Å². The first-order valence-corrected chi connectivity index (χ1v) is 10.6.